The van der Waals surface area contributed by atoms with Crippen molar-refractivity contribution < 1.29 is 28.6 Å². The van der Waals surface area contributed by atoms with Gasteiger partial charge in [0.25, 0.3) is 0 Å². The summed E-state index contributed by atoms with van der Waals surface area (Å²) in [6, 6.07) is 0. The Kier molecular flexibility index (Phi) is 66.6. The molecule has 6 nitrogen and oxygen atoms in total. The van der Waals surface area contributed by atoms with E-state index in [4.69, 9.17) is 14.2 Å². The van der Waals surface area contributed by atoms with Crippen molar-refractivity contribution in [2.75, 3.05) is 13.2 Å². The van der Waals surface area contributed by atoms with Crippen molar-refractivity contribution in [3.05, 3.63) is 72.9 Å². The second-order valence-corrected chi connectivity index (χ2v) is 23.8. The van der Waals surface area contributed by atoms with Crippen molar-refractivity contribution in [1.29, 1.82) is 0 Å². The Labute approximate surface area is 503 Å². The van der Waals surface area contributed by atoms with Crippen LogP contribution < -0.4 is 0 Å². The molecule has 0 bridgehead atoms. The van der Waals surface area contributed by atoms with E-state index in [0.717, 1.165) is 116 Å². The van der Waals surface area contributed by atoms with Crippen molar-refractivity contribution in [3.8, 4) is 0 Å². The molecule has 0 saturated carbocycles. The maximum absolute atomic E-state index is 12.9. The lowest BCUT2D eigenvalue weighted by atomic mass is 10.0. The van der Waals surface area contributed by atoms with Crippen LogP contribution in [-0.2, 0) is 28.6 Å². The molecule has 0 saturated heterocycles. The summed E-state index contributed by atoms with van der Waals surface area (Å²) in [4.78, 5) is 38.3. The van der Waals surface area contributed by atoms with E-state index in [1.165, 1.54) is 212 Å². The van der Waals surface area contributed by atoms with Gasteiger partial charge in [0.2, 0.25) is 0 Å². The first kappa shape index (κ1) is 77.9. The zero-order chi connectivity index (χ0) is 58.5. The fraction of sp³-hybridized carbons (Fsp3) is 0.800. The molecule has 0 amide bonds. The van der Waals surface area contributed by atoms with Gasteiger partial charge in [-0.05, 0) is 83.5 Å². The first-order valence-electron chi connectivity index (χ1n) is 35.4. The van der Waals surface area contributed by atoms with Gasteiger partial charge in [-0.2, -0.15) is 0 Å². The molecule has 0 spiro atoms. The number of rotatable bonds is 65. The molecular formula is C75H134O6. The van der Waals surface area contributed by atoms with E-state index in [1.54, 1.807) is 0 Å². The molecule has 1 unspecified atom stereocenters. The summed E-state index contributed by atoms with van der Waals surface area (Å²) >= 11 is 0. The molecule has 0 aromatic heterocycles. The van der Waals surface area contributed by atoms with E-state index in [0.29, 0.717) is 19.3 Å². The van der Waals surface area contributed by atoms with Gasteiger partial charge in [-0.15, -0.1) is 0 Å². The van der Waals surface area contributed by atoms with Gasteiger partial charge in [-0.1, -0.05) is 338 Å². The van der Waals surface area contributed by atoms with Crippen molar-refractivity contribution in [1.82, 2.24) is 0 Å². The van der Waals surface area contributed by atoms with Gasteiger partial charge in [-0.3, -0.25) is 14.4 Å². The van der Waals surface area contributed by atoms with E-state index >= 15 is 0 Å². The molecule has 0 aliphatic carbocycles. The lowest BCUT2D eigenvalue weighted by Gasteiger charge is -2.18. The standard InChI is InChI=1S/C75H134O6/c1-4-7-10-13-16-19-22-24-26-28-30-32-33-34-35-36-37-38-39-40-41-43-44-46-48-50-53-56-59-62-65-68-74(77)80-71-72(70-79-73(76)67-64-61-58-55-52-21-18-15-12-9-6-3)81-75(78)69-66-63-60-57-54-51-49-47-45-42-31-29-27-25-23-20-17-14-11-8-5-2/h8,11,15,17-18,20,25,27,31,42,47,49,72H,4-7,9-10,12-14,16,19,21-24,26,28-30,32-41,43-46,48,50-71H2,1-3H3/b11-8-,18-15-,20-17-,27-25-,42-31-,49-47-. The van der Waals surface area contributed by atoms with Crippen LogP contribution in [0.3, 0.4) is 0 Å². The molecule has 6 heteroatoms. The van der Waals surface area contributed by atoms with Crippen LogP contribution in [0.4, 0.5) is 0 Å². The van der Waals surface area contributed by atoms with E-state index < -0.39 is 6.10 Å². The van der Waals surface area contributed by atoms with Crippen LogP contribution in [0, 0.1) is 0 Å². The molecule has 0 fully saturated rings. The third kappa shape index (κ3) is 67.5. The first-order valence-corrected chi connectivity index (χ1v) is 35.4. The Morgan fingerprint density at radius 2 is 0.494 bits per heavy atom. The van der Waals surface area contributed by atoms with Crippen LogP contribution in [0.15, 0.2) is 72.9 Å². The number of ether oxygens (including phenoxy) is 3. The molecule has 0 aliphatic heterocycles. The van der Waals surface area contributed by atoms with Gasteiger partial charge < -0.3 is 14.2 Å². The second-order valence-electron chi connectivity index (χ2n) is 23.8. The number of hydrogen-bond donors (Lipinski definition) is 0. The van der Waals surface area contributed by atoms with Gasteiger partial charge in [0.05, 0.1) is 0 Å². The molecular weight excluding hydrogens is 997 g/mol. The third-order valence-corrected chi connectivity index (χ3v) is 15.7. The number of carbonyl (C=O) groups is 3. The van der Waals surface area contributed by atoms with E-state index in [2.05, 4.69) is 93.7 Å². The van der Waals surface area contributed by atoms with E-state index in [9.17, 15) is 14.4 Å². The summed E-state index contributed by atoms with van der Waals surface area (Å²) < 4.78 is 16.9. The largest absolute Gasteiger partial charge is 0.462 e. The Balaban J connectivity index is 4.16. The molecule has 0 radical (unpaired) electrons. The number of unbranched alkanes of at least 4 members (excludes halogenated alkanes) is 42. The van der Waals surface area contributed by atoms with Crippen LogP contribution in [0.1, 0.15) is 367 Å². The van der Waals surface area contributed by atoms with Gasteiger partial charge >= 0.3 is 17.9 Å². The molecule has 81 heavy (non-hydrogen) atoms. The maximum Gasteiger partial charge on any atom is 0.306 e. The summed E-state index contributed by atoms with van der Waals surface area (Å²) in [5.41, 5.74) is 0. The first-order chi connectivity index (χ1) is 40.0. The SMILES string of the molecule is CC/C=C\C/C=C\C/C=C\C/C=C\C/C=C\CCCCCCCC(=O)OC(COC(=O)CCCCCCC/C=C\CCCC)COC(=O)CCCCCCCCCCCCCCCCCCCCCCCCCCCCCCCCC. The van der Waals surface area contributed by atoms with E-state index in [-0.39, 0.29) is 31.1 Å². The quantitative estimate of drug-likeness (QED) is 0.0261. The summed E-state index contributed by atoms with van der Waals surface area (Å²) in [6.45, 7) is 6.52. The minimum Gasteiger partial charge on any atom is -0.462 e. The number of carbonyl (C=O) groups excluding carboxylic acids is 3. The monoisotopic (exact) mass is 1130 g/mol. The minimum absolute atomic E-state index is 0.0832. The highest BCUT2D eigenvalue weighted by molar-refractivity contribution is 5.71. The second kappa shape index (κ2) is 69.3. The highest BCUT2D eigenvalue weighted by Crippen LogP contribution is 2.18. The maximum atomic E-state index is 12.9. The summed E-state index contributed by atoms with van der Waals surface area (Å²) in [5, 5.41) is 0. The predicted octanol–water partition coefficient (Wildman–Crippen LogP) is 24.4. The molecule has 0 rings (SSSR count). The molecule has 0 aromatic carbocycles. The molecule has 0 aliphatic rings. The van der Waals surface area contributed by atoms with Crippen LogP contribution in [0.5, 0.6) is 0 Å². The lowest BCUT2D eigenvalue weighted by Crippen LogP contribution is -2.30. The average Bonchev–Trinajstić information content (AvgIpc) is 3.47. The smallest absolute Gasteiger partial charge is 0.306 e. The zero-order valence-corrected chi connectivity index (χ0v) is 54.1. The number of esters is 3. The van der Waals surface area contributed by atoms with Crippen molar-refractivity contribution in [2.24, 2.45) is 0 Å². The summed E-state index contributed by atoms with van der Waals surface area (Å²) in [5.74, 6) is -0.895. The third-order valence-electron chi connectivity index (χ3n) is 15.7. The fourth-order valence-electron chi connectivity index (χ4n) is 10.4. The molecule has 0 heterocycles. The van der Waals surface area contributed by atoms with Gasteiger partial charge in [0, 0.05) is 19.3 Å². The zero-order valence-electron chi connectivity index (χ0n) is 54.1. The van der Waals surface area contributed by atoms with Crippen molar-refractivity contribution >= 4 is 17.9 Å². The molecule has 0 N–H and O–H groups in total. The number of hydrogen-bond acceptors (Lipinski definition) is 6. The predicted molar refractivity (Wildman–Crippen MR) is 353 cm³/mol. The van der Waals surface area contributed by atoms with Crippen LogP contribution in [0.25, 0.3) is 0 Å². The molecule has 0 aromatic rings. The molecule has 470 valence electrons. The molecule has 1 atom stereocenters. The Morgan fingerprint density at radius 1 is 0.259 bits per heavy atom. The van der Waals surface area contributed by atoms with Gasteiger partial charge in [-0.25, -0.2) is 0 Å². The lowest BCUT2D eigenvalue weighted by molar-refractivity contribution is -0.167. The number of allylic oxidation sites excluding steroid dienone is 12. The van der Waals surface area contributed by atoms with Crippen LogP contribution in [0.2, 0.25) is 0 Å². The normalized spacial score (nSPS) is 12.5. The minimum atomic E-state index is -0.789. The summed E-state index contributed by atoms with van der Waals surface area (Å²) in [7, 11) is 0. The van der Waals surface area contributed by atoms with Crippen molar-refractivity contribution in [2.45, 2.75) is 374 Å². The van der Waals surface area contributed by atoms with E-state index in [1.807, 2.05) is 0 Å². The Morgan fingerprint density at radius 3 is 0.802 bits per heavy atom. The van der Waals surface area contributed by atoms with Crippen LogP contribution >= 0.6 is 0 Å². The highest BCUT2D eigenvalue weighted by atomic mass is 16.6. The van der Waals surface area contributed by atoms with Gasteiger partial charge in [0.15, 0.2) is 6.10 Å². The Bertz CT molecular complexity index is 1490. The topological polar surface area (TPSA) is 78.9 Å². The Hall–Kier alpha value is -3.15. The van der Waals surface area contributed by atoms with Crippen molar-refractivity contribution in [3.63, 3.8) is 0 Å². The average molecular weight is 1130 g/mol. The fourth-order valence-corrected chi connectivity index (χ4v) is 10.4. The summed E-state index contributed by atoms with van der Waals surface area (Å²) in [6.07, 6.45) is 91.0. The highest BCUT2D eigenvalue weighted by Gasteiger charge is 2.19. The van der Waals surface area contributed by atoms with Gasteiger partial charge in [0.1, 0.15) is 13.2 Å². The van der Waals surface area contributed by atoms with Crippen LogP contribution in [-0.4, -0.2) is 37.2 Å².